The Kier molecular flexibility index (Phi) is 5.53. The van der Waals surface area contributed by atoms with E-state index in [-0.39, 0.29) is 0 Å². The molecule has 0 aliphatic carbocycles. The summed E-state index contributed by atoms with van der Waals surface area (Å²) in [6.07, 6.45) is 2.24. The van der Waals surface area contributed by atoms with E-state index in [0.29, 0.717) is 19.1 Å². The van der Waals surface area contributed by atoms with Crippen LogP contribution in [0.1, 0.15) is 33.6 Å². The van der Waals surface area contributed by atoms with E-state index in [1.807, 2.05) is 7.05 Å². The fourth-order valence-corrected chi connectivity index (χ4v) is 1.64. The molecule has 0 aromatic carbocycles. The van der Waals surface area contributed by atoms with Crippen LogP contribution in [0.2, 0.25) is 0 Å². The van der Waals surface area contributed by atoms with Crippen LogP contribution >= 0.6 is 0 Å². The van der Waals surface area contributed by atoms with Gasteiger partial charge in [-0.2, -0.15) is 0 Å². The zero-order valence-electron chi connectivity index (χ0n) is 9.38. The molecule has 1 atom stereocenters. The van der Waals surface area contributed by atoms with Gasteiger partial charge in [0, 0.05) is 19.1 Å². The van der Waals surface area contributed by atoms with Gasteiger partial charge in [0.15, 0.2) is 0 Å². The van der Waals surface area contributed by atoms with E-state index in [9.17, 15) is 5.11 Å². The van der Waals surface area contributed by atoms with Crippen LogP contribution in [-0.4, -0.2) is 41.8 Å². The number of aliphatic hydroxyl groups is 1. The molecule has 0 aliphatic heterocycles. The molecule has 13 heavy (non-hydrogen) atoms. The molecule has 0 radical (unpaired) electrons. The number of nitrogens with two attached hydrogens (primary N) is 1. The summed E-state index contributed by atoms with van der Waals surface area (Å²) < 4.78 is 0. The summed E-state index contributed by atoms with van der Waals surface area (Å²) in [7, 11) is 2.04. The Hall–Kier alpha value is -0.120. The van der Waals surface area contributed by atoms with E-state index >= 15 is 0 Å². The van der Waals surface area contributed by atoms with Crippen molar-refractivity contribution in [3.63, 3.8) is 0 Å². The fraction of sp³-hybridized carbons (Fsp3) is 1.00. The molecule has 80 valence electrons. The summed E-state index contributed by atoms with van der Waals surface area (Å²) in [5.41, 5.74) is 4.71. The first kappa shape index (κ1) is 12.9. The van der Waals surface area contributed by atoms with Crippen LogP contribution in [0.25, 0.3) is 0 Å². The highest BCUT2D eigenvalue weighted by molar-refractivity contribution is 4.79. The SMILES string of the molecule is CCC(CC)N(C)CC(C)(O)CN. The van der Waals surface area contributed by atoms with E-state index in [0.717, 1.165) is 12.8 Å². The van der Waals surface area contributed by atoms with Gasteiger partial charge in [0.1, 0.15) is 0 Å². The Bertz CT molecular complexity index is 133. The van der Waals surface area contributed by atoms with Gasteiger partial charge in [-0.15, -0.1) is 0 Å². The second-order valence-electron chi connectivity index (χ2n) is 4.09. The van der Waals surface area contributed by atoms with Crippen molar-refractivity contribution in [3.8, 4) is 0 Å². The molecule has 3 N–H and O–H groups in total. The average Bonchev–Trinajstić information content (AvgIpc) is 2.06. The number of hydrogen-bond acceptors (Lipinski definition) is 3. The molecule has 0 amide bonds. The van der Waals surface area contributed by atoms with Crippen molar-refractivity contribution in [1.82, 2.24) is 4.90 Å². The van der Waals surface area contributed by atoms with Gasteiger partial charge >= 0.3 is 0 Å². The van der Waals surface area contributed by atoms with E-state index in [4.69, 9.17) is 5.73 Å². The summed E-state index contributed by atoms with van der Waals surface area (Å²) in [6.45, 7) is 7.09. The lowest BCUT2D eigenvalue weighted by atomic mass is 10.0. The van der Waals surface area contributed by atoms with Crippen molar-refractivity contribution >= 4 is 0 Å². The molecule has 1 unspecified atom stereocenters. The molecule has 0 saturated carbocycles. The molecule has 3 nitrogen and oxygen atoms in total. The number of rotatable bonds is 6. The summed E-state index contributed by atoms with van der Waals surface area (Å²) in [5.74, 6) is 0. The van der Waals surface area contributed by atoms with Crippen LogP contribution in [0.4, 0.5) is 0 Å². The first-order chi connectivity index (χ1) is 5.96. The lowest BCUT2D eigenvalue weighted by Gasteiger charge is -2.32. The van der Waals surface area contributed by atoms with Crippen molar-refractivity contribution in [2.24, 2.45) is 5.73 Å². The smallest absolute Gasteiger partial charge is 0.0867 e. The van der Waals surface area contributed by atoms with Crippen LogP contribution in [0.15, 0.2) is 0 Å². The predicted octanol–water partition coefficient (Wildman–Crippen LogP) is 0.817. The third-order valence-corrected chi connectivity index (χ3v) is 2.60. The third kappa shape index (κ3) is 4.60. The highest BCUT2D eigenvalue weighted by Gasteiger charge is 2.22. The molecule has 0 fully saturated rings. The van der Waals surface area contributed by atoms with Gasteiger partial charge in [-0.05, 0) is 26.8 Å². The van der Waals surface area contributed by atoms with Crippen LogP contribution in [-0.2, 0) is 0 Å². The Labute approximate surface area is 81.9 Å². The van der Waals surface area contributed by atoms with Gasteiger partial charge in [-0.25, -0.2) is 0 Å². The highest BCUT2D eigenvalue weighted by Crippen LogP contribution is 2.10. The predicted molar refractivity (Wildman–Crippen MR) is 56.7 cm³/mol. The van der Waals surface area contributed by atoms with Crippen molar-refractivity contribution in [3.05, 3.63) is 0 Å². The largest absolute Gasteiger partial charge is 0.388 e. The molecular weight excluding hydrogens is 164 g/mol. The summed E-state index contributed by atoms with van der Waals surface area (Å²) in [6, 6.07) is 0.554. The Morgan fingerprint density at radius 2 is 1.85 bits per heavy atom. The first-order valence-electron chi connectivity index (χ1n) is 5.09. The molecule has 0 bridgehead atoms. The van der Waals surface area contributed by atoms with Gasteiger partial charge in [0.25, 0.3) is 0 Å². The normalized spacial score (nSPS) is 16.6. The molecule has 0 aromatic heterocycles. The second kappa shape index (κ2) is 5.58. The van der Waals surface area contributed by atoms with Crippen LogP contribution in [0, 0.1) is 0 Å². The monoisotopic (exact) mass is 188 g/mol. The van der Waals surface area contributed by atoms with Crippen LogP contribution < -0.4 is 5.73 Å². The number of likely N-dealkylation sites (N-methyl/N-ethyl adjacent to an activating group) is 1. The van der Waals surface area contributed by atoms with E-state index in [1.54, 1.807) is 6.92 Å². The standard InChI is InChI=1S/C10H24N2O/c1-5-9(6-2)12(4)8-10(3,13)7-11/h9,13H,5-8,11H2,1-4H3. The lowest BCUT2D eigenvalue weighted by molar-refractivity contribution is 0.0216. The van der Waals surface area contributed by atoms with Crippen LogP contribution in [0.3, 0.4) is 0 Å². The zero-order valence-corrected chi connectivity index (χ0v) is 9.38. The van der Waals surface area contributed by atoms with Gasteiger partial charge in [-0.3, -0.25) is 0 Å². The molecular formula is C10H24N2O. The molecule has 3 heteroatoms. The van der Waals surface area contributed by atoms with E-state index < -0.39 is 5.60 Å². The van der Waals surface area contributed by atoms with Gasteiger partial charge in [0.2, 0.25) is 0 Å². The highest BCUT2D eigenvalue weighted by atomic mass is 16.3. The maximum atomic E-state index is 9.77. The average molecular weight is 188 g/mol. The van der Waals surface area contributed by atoms with Crippen molar-refractivity contribution in [2.45, 2.75) is 45.3 Å². The van der Waals surface area contributed by atoms with Crippen LogP contribution in [0.5, 0.6) is 0 Å². The Morgan fingerprint density at radius 3 is 2.15 bits per heavy atom. The lowest BCUT2D eigenvalue weighted by Crippen LogP contribution is -2.47. The maximum absolute atomic E-state index is 9.77. The molecule has 0 aliphatic rings. The zero-order chi connectivity index (χ0) is 10.5. The number of hydrogen-bond donors (Lipinski definition) is 2. The minimum Gasteiger partial charge on any atom is -0.388 e. The molecule has 0 rings (SSSR count). The van der Waals surface area contributed by atoms with E-state index in [2.05, 4.69) is 18.7 Å². The van der Waals surface area contributed by atoms with E-state index in [1.165, 1.54) is 0 Å². The number of nitrogens with zero attached hydrogens (tertiary/aromatic N) is 1. The second-order valence-corrected chi connectivity index (χ2v) is 4.09. The molecule has 0 saturated heterocycles. The van der Waals surface area contributed by atoms with Crippen molar-refractivity contribution in [2.75, 3.05) is 20.1 Å². The Morgan fingerprint density at radius 1 is 1.38 bits per heavy atom. The third-order valence-electron chi connectivity index (χ3n) is 2.60. The van der Waals surface area contributed by atoms with Gasteiger partial charge in [-0.1, -0.05) is 13.8 Å². The maximum Gasteiger partial charge on any atom is 0.0867 e. The quantitative estimate of drug-likeness (QED) is 0.649. The first-order valence-corrected chi connectivity index (χ1v) is 5.09. The molecule has 0 heterocycles. The van der Waals surface area contributed by atoms with Gasteiger partial charge < -0.3 is 15.7 Å². The minimum atomic E-state index is -0.753. The van der Waals surface area contributed by atoms with Crippen molar-refractivity contribution in [1.29, 1.82) is 0 Å². The van der Waals surface area contributed by atoms with Crippen molar-refractivity contribution < 1.29 is 5.11 Å². The summed E-state index contributed by atoms with van der Waals surface area (Å²) in [5, 5.41) is 9.77. The topological polar surface area (TPSA) is 49.5 Å². The summed E-state index contributed by atoms with van der Waals surface area (Å²) in [4.78, 5) is 2.19. The minimum absolute atomic E-state index is 0.317. The summed E-state index contributed by atoms with van der Waals surface area (Å²) >= 11 is 0. The molecule has 0 aromatic rings. The fourth-order valence-electron chi connectivity index (χ4n) is 1.64. The molecule has 0 spiro atoms. The Balaban J connectivity index is 4.04. The van der Waals surface area contributed by atoms with Gasteiger partial charge in [0.05, 0.1) is 5.60 Å².